The van der Waals surface area contributed by atoms with Crippen molar-refractivity contribution in [2.75, 3.05) is 6.26 Å². The van der Waals surface area contributed by atoms with Gasteiger partial charge in [0.2, 0.25) is 10.0 Å². The molecule has 94 valence electrons. The number of halogens is 3. The van der Waals surface area contributed by atoms with Crippen LogP contribution in [0.1, 0.15) is 15.9 Å². The van der Waals surface area contributed by atoms with Gasteiger partial charge < -0.3 is 0 Å². The maximum Gasteiger partial charge on any atom is 0.416 e. The lowest BCUT2D eigenvalue weighted by molar-refractivity contribution is -0.137. The highest BCUT2D eigenvalue weighted by molar-refractivity contribution is 7.89. The van der Waals surface area contributed by atoms with E-state index in [0.29, 0.717) is 6.07 Å². The van der Waals surface area contributed by atoms with Crippen molar-refractivity contribution in [3.05, 3.63) is 35.4 Å². The number of hydrogen-bond donors (Lipinski definition) is 1. The third kappa shape index (κ3) is 4.06. The van der Waals surface area contributed by atoms with Crippen LogP contribution in [0.15, 0.2) is 24.3 Å². The average Bonchev–Trinajstić information content (AvgIpc) is 2.14. The molecule has 1 N–H and O–H groups in total. The summed E-state index contributed by atoms with van der Waals surface area (Å²) in [4.78, 5) is 11.3. The Morgan fingerprint density at radius 1 is 1.29 bits per heavy atom. The van der Waals surface area contributed by atoms with Crippen molar-refractivity contribution < 1.29 is 26.4 Å². The molecule has 0 atom stereocenters. The van der Waals surface area contributed by atoms with Crippen LogP contribution in [0.3, 0.4) is 0 Å². The van der Waals surface area contributed by atoms with E-state index in [1.807, 2.05) is 0 Å². The van der Waals surface area contributed by atoms with E-state index in [4.69, 9.17) is 0 Å². The third-order valence-corrected chi connectivity index (χ3v) is 2.29. The van der Waals surface area contributed by atoms with E-state index in [-0.39, 0.29) is 5.56 Å². The van der Waals surface area contributed by atoms with E-state index in [9.17, 15) is 26.4 Å². The van der Waals surface area contributed by atoms with Crippen LogP contribution in [-0.4, -0.2) is 20.6 Å². The highest BCUT2D eigenvalue weighted by atomic mass is 32.2. The Balaban J connectivity index is 3.05. The molecule has 0 unspecified atom stereocenters. The molecule has 1 amide bonds. The van der Waals surface area contributed by atoms with Crippen molar-refractivity contribution in [1.82, 2.24) is 4.72 Å². The maximum absolute atomic E-state index is 12.3. The fraction of sp³-hybridized carbons (Fsp3) is 0.222. The SMILES string of the molecule is CS(=O)(=O)NC(=O)c1cccc(C(F)(F)F)c1. The number of nitrogens with one attached hydrogen (secondary N) is 1. The first-order valence-electron chi connectivity index (χ1n) is 4.29. The number of amides is 1. The minimum Gasteiger partial charge on any atom is -0.268 e. The largest absolute Gasteiger partial charge is 0.416 e. The molecule has 0 fully saturated rings. The van der Waals surface area contributed by atoms with Crippen LogP contribution in [0.25, 0.3) is 0 Å². The molecule has 0 aliphatic carbocycles. The van der Waals surface area contributed by atoms with E-state index in [0.717, 1.165) is 24.5 Å². The zero-order valence-corrected chi connectivity index (χ0v) is 9.39. The van der Waals surface area contributed by atoms with Gasteiger partial charge in [0.15, 0.2) is 0 Å². The summed E-state index contributed by atoms with van der Waals surface area (Å²) in [5.41, 5.74) is -1.39. The molecule has 0 bridgehead atoms. The first kappa shape index (κ1) is 13.5. The lowest BCUT2D eigenvalue weighted by Gasteiger charge is -2.08. The number of sulfonamides is 1. The van der Waals surface area contributed by atoms with E-state index < -0.39 is 27.7 Å². The summed E-state index contributed by atoms with van der Waals surface area (Å²) in [6.07, 6.45) is -3.85. The van der Waals surface area contributed by atoms with Gasteiger partial charge in [-0.25, -0.2) is 13.1 Å². The average molecular weight is 267 g/mol. The lowest BCUT2D eigenvalue weighted by Crippen LogP contribution is -2.29. The second kappa shape index (κ2) is 4.36. The zero-order valence-electron chi connectivity index (χ0n) is 8.58. The molecule has 1 aromatic carbocycles. The smallest absolute Gasteiger partial charge is 0.268 e. The Morgan fingerprint density at radius 2 is 1.88 bits per heavy atom. The normalized spacial score (nSPS) is 12.2. The van der Waals surface area contributed by atoms with Crippen molar-refractivity contribution in [2.45, 2.75) is 6.18 Å². The van der Waals surface area contributed by atoms with Gasteiger partial charge in [0.1, 0.15) is 0 Å². The minimum atomic E-state index is -4.58. The van der Waals surface area contributed by atoms with Gasteiger partial charge in [-0.05, 0) is 18.2 Å². The molecule has 0 aromatic heterocycles. The number of benzene rings is 1. The highest BCUT2D eigenvalue weighted by Crippen LogP contribution is 2.29. The Labute approximate surface area is 95.5 Å². The van der Waals surface area contributed by atoms with Gasteiger partial charge in [0.25, 0.3) is 5.91 Å². The van der Waals surface area contributed by atoms with Gasteiger partial charge in [-0.15, -0.1) is 0 Å². The molecule has 0 heterocycles. The van der Waals surface area contributed by atoms with Crippen molar-refractivity contribution in [3.63, 3.8) is 0 Å². The molecule has 4 nitrogen and oxygen atoms in total. The van der Waals surface area contributed by atoms with Gasteiger partial charge in [0.05, 0.1) is 11.8 Å². The number of carbonyl (C=O) groups excluding carboxylic acids is 1. The number of hydrogen-bond acceptors (Lipinski definition) is 3. The van der Waals surface area contributed by atoms with Crippen LogP contribution < -0.4 is 4.72 Å². The quantitative estimate of drug-likeness (QED) is 0.880. The number of rotatable bonds is 2. The molecule has 17 heavy (non-hydrogen) atoms. The summed E-state index contributed by atoms with van der Waals surface area (Å²) in [5, 5.41) is 0. The number of carbonyl (C=O) groups is 1. The molecule has 1 rings (SSSR count). The fourth-order valence-electron chi connectivity index (χ4n) is 1.06. The molecule has 0 saturated heterocycles. The Kier molecular flexibility index (Phi) is 3.46. The first-order chi connectivity index (χ1) is 7.59. The van der Waals surface area contributed by atoms with Gasteiger partial charge >= 0.3 is 6.18 Å². The second-order valence-electron chi connectivity index (χ2n) is 3.28. The van der Waals surface area contributed by atoms with Gasteiger partial charge in [-0.1, -0.05) is 6.07 Å². The summed E-state index contributed by atoms with van der Waals surface area (Å²) in [5.74, 6) is -1.10. The van der Waals surface area contributed by atoms with Crippen molar-refractivity contribution in [1.29, 1.82) is 0 Å². The molecule has 0 aliphatic rings. The topological polar surface area (TPSA) is 63.2 Å². The second-order valence-corrected chi connectivity index (χ2v) is 5.03. The monoisotopic (exact) mass is 267 g/mol. The van der Waals surface area contributed by atoms with Crippen molar-refractivity contribution >= 4 is 15.9 Å². The first-order valence-corrected chi connectivity index (χ1v) is 6.18. The molecule has 8 heteroatoms. The molecular formula is C9H8F3NO3S. The predicted molar refractivity (Wildman–Crippen MR) is 53.8 cm³/mol. The molecule has 0 saturated carbocycles. The lowest BCUT2D eigenvalue weighted by atomic mass is 10.1. The van der Waals surface area contributed by atoms with Crippen LogP contribution in [-0.2, 0) is 16.2 Å². The van der Waals surface area contributed by atoms with Gasteiger partial charge in [0, 0.05) is 5.56 Å². The number of alkyl halides is 3. The summed E-state index contributed by atoms with van der Waals surface area (Å²) in [7, 11) is -3.80. The summed E-state index contributed by atoms with van der Waals surface area (Å²) in [6.45, 7) is 0. The molecule has 0 spiro atoms. The van der Waals surface area contributed by atoms with E-state index in [1.165, 1.54) is 0 Å². The molecule has 0 aliphatic heterocycles. The molecule has 1 aromatic rings. The van der Waals surface area contributed by atoms with Crippen LogP contribution in [0, 0.1) is 0 Å². The summed E-state index contributed by atoms with van der Waals surface area (Å²) >= 11 is 0. The van der Waals surface area contributed by atoms with Gasteiger partial charge in [-0.2, -0.15) is 13.2 Å². The summed E-state index contributed by atoms with van der Waals surface area (Å²) in [6, 6.07) is 3.49. The Morgan fingerprint density at radius 3 is 2.35 bits per heavy atom. The Bertz CT molecular complexity index is 537. The minimum absolute atomic E-state index is 0.370. The van der Waals surface area contributed by atoms with Crippen molar-refractivity contribution in [3.8, 4) is 0 Å². The highest BCUT2D eigenvalue weighted by Gasteiger charge is 2.31. The van der Waals surface area contributed by atoms with E-state index in [1.54, 1.807) is 4.72 Å². The predicted octanol–water partition coefficient (Wildman–Crippen LogP) is 1.39. The third-order valence-electron chi connectivity index (χ3n) is 1.73. The van der Waals surface area contributed by atoms with Crippen molar-refractivity contribution in [2.24, 2.45) is 0 Å². The van der Waals surface area contributed by atoms with Gasteiger partial charge in [-0.3, -0.25) is 4.79 Å². The zero-order chi connectivity index (χ0) is 13.3. The fourth-order valence-corrected chi connectivity index (χ4v) is 1.52. The van der Waals surface area contributed by atoms with E-state index >= 15 is 0 Å². The van der Waals surface area contributed by atoms with Crippen LogP contribution >= 0.6 is 0 Å². The standard InChI is InChI=1S/C9H8F3NO3S/c1-17(15,16)13-8(14)6-3-2-4-7(5-6)9(10,11)12/h2-5H,1H3,(H,13,14). The molecule has 0 radical (unpaired) electrons. The van der Waals surface area contributed by atoms with Crippen LogP contribution in [0.4, 0.5) is 13.2 Å². The van der Waals surface area contributed by atoms with Crippen LogP contribution in [0.2, 0.25) is 0 Å². The summed E-state index contributed by atoms with van der Waals surface area (Å²) < 4.78 is 60.0. The van der Waals surface area contributed by atoms with Crippen LogP contribution in [0.5, 0.6) is 0 Å². The maximum atomic E-state index is 12.3. The molecular weight excluding hydrogens is 259 g/mol. The Hall–Kier alpha value is -1.57. The van der Waals surface area contributed by atoms with E-state index in [2.05, 4.69) is 0 Å².